The van der Waals surface area contributed by atoms with Crippen molar-refractivity contribution in [3.63, 3.8) is 0 Å². The van der Waals surface area contributed by atoms with Crippen LogP contribution in [-0.4, -0.2) is 22.8 Å². The highest BCUT2D eigenvalue weighted by molar-refractivity contribution is 7.13. The number of para-hydroxylation sites is 1. The number of benzene rings is 1. The van der Waals surface area contributed by atoms with E-state index in [1.807, 2.05) is 48.7 Å². The van der Waals surface area contributed by atoms with Crippen LogP contribution in [0.3, 0.4) is 0 Å². The van der Waals surface area contributed by atoms with Crippen molar-refractivity contribution in [2.75, 3.05) is 4.90 Å². The number of aryl methyl sites for hydroxylation is 1. The summed E-state index contributed by atoms with van der Waals surface area (Å²) in [6, 6.07) is 11.0. The van der Waals surface area contributed by atoms with Crippen molar-refractivity contribution in [2.45, 2.75) is 32.2 Å². The number of primary amides is 1. The van der Waals surface area contributed by atoms with Gasteiger partial charge >= 0.3 is 0 Å². The second kappa shape index (κ2) is 6.66. The third-order valence-corrected chi connectivity index (χ3v) is 5.74. The second-order valence-electron chi connectivity index (χ2n) is 6.67. The Balaban J connectivity index is 1.76. The summed E-state index contributed by atoms with van der Waals surface area (Å²) in [5.41, 5.74) is 7.35. The predicted molar refractivity (Wildman–Crippen MR) is 104 cm³/mol. The van der Waals surface area contributed by atoms with Gasteiger partial charge in [0, 0.05) is 11.7 Å². The molecule has 2 aromatic heterocycles. The topological polar surface area (TPSA) is 89.4 Å². The number of carbonyl (C=O) groups excluding carboxylic acids is 2. The van der Waals surface area contributed by atoms with Crippen molar-refractivity contribution in [3.8, 4) is 10.8 Å². The van der Waals surface area contributed by atoms with Gasteiger partial charge in [-0.25, -0.2) is 4.98 Å². The van der Waals surface area contributed by atoms with Crippen LogP contribution in [0.15, 0.2) is 46.2 Å². The van der Waals surface area contributed by atoms with E-state index in [9.17, 15) is 9.59 Å². The molecule has 2 amide bonds. The molecular formula is C20H19N3O3S. The van der Waals surface area contributed by atoms with Gasteiger partial charge in [-0.1, -0.05) is 24.3 Å². The minimum Gasteiger partial charge on any atom is -0.440 e. The van der Waals surface area contributed by atoms with Crippen LogP contribution in [0.1, 0.15) is 41.1 Å². The first-order valence-electron chi connectivity index (χ1n) is 8.70. The molecule has 0 fully saturated rings. The summed E-state index contributed by atoms with van der Waals surface area (Å²) >= 11 is 1.51. The van der Waals surface area contributed by atoms with E-state index in [1.165, 1.54) is 11.3 Å². The average molecular weight is 381 g/mol. The number of hydrogen-bond donors (Lipinski definition) is 1. The average Bonchev–Trinajstić information content (AvgIpc) is 3.30. The first kappa shape index (κ1) is 17.5. The summed E-state index contributed by atoms with van der Waals surface area (Å²) in [6.45, 7) is 3.66. The second-order valence-corrected chi connectivity index (χ2v) is 7.62. The van der Waals surface area contributed by atoms with Crippen molar-refractivity contribution >= 4 is 28.8 Å². The van der Waals surface area contributed by atoms with Crippen molar-refractivity contribution in [2.24, 2.45) is 5.73 Å². The molecule has 0 aliphatic carbocycles. The van der Waals surface area contributed by atoms with Crippen LogP contribution in [0.2, 0.25) is 0 Å². The lowest BCUT2D eigenvalue weighted by atomic mass is 9.85. The molecule has 1 aromatic carbocycles. The van der Waals surface area contributed by atoms with Crippen LogP contribution >= 0.6 is 11.3 Å². The molecule has 3 heterocycles. The quantitative estimate of drug-likeness (QED) is 0.749. The maximum Gasteiger partial charge on any atom is 0.280 e. The van der Waals surface area contributed by atoms with Crippen LogP contribution in [0, 0.1) is 6.92 Å². The van der Waals surface area contributed by atoms with E-state index < -0.39 is 5.92 Å². The number of hydrogen-bond acceptors (Lipinski definition) is 5. The van der Waals surface area contributed by atoms with E-state index in [2.05, 4.69) is 4.98 Å². The van der Waals surface area contributed by atoms with Crippen molar-refractivity contribution < 1.29 is 14.0 Å². The van der Waals surface area contributed by atoms with E-state index in [0.717, 1.165) is 10.4 Å². The van der Waals surface area contributed by atoms with Crippen LogP contribution in [-0.2, 0) is 4.79 Å². The highest BCUT2D eigenvalue weighted by Crippen LogP contribution is 2.39. The third kappa shape index (κ3) is 2.94. The number of nitrogens with two attached hydrogens (primary N) is 1. The largest absolute Gasteiger partial charge is 0.440 e. The molecule has 0 saturated heterocycles. The molecule has 1 aliphatic rings. The first-order chi connectivity index (χ1) is 13.0. The highest BCUT2D eigenvalue weighted by atomic mass is 32.1. The van der Waals surface area contributed by atoms with Crippen LogP contribution in [0.25, 0.3) is 10.8 Å². The number of carbonyl (C=O) groups is 2. The first-order valence-corrected chi connectivity index (χ1v) is 9.58. The lowest BCUT2D eigenvalue weighted by molar-refractivity contribution is -0.119. The van der Waals surface area contributed by atoms with Gasteiger partial charge in [-0.05, 0) is 43.3 Å². The zero-order valence-electron chi connectivity index (χ0n) is 15.0. The molecule has 0 saturated carbocycles. The molecule has 2 atom stereocenters. The molecule has 1 aliphatic heterocycles. The van der Waals surface area contributed by atoms with E-state index in [1.54, 1.807) is 11.8 Å². The molecule has 138 valence electrons. The Labute approximate surface area is 160 Å². The number of oxazole rings is 1. The monoisotopic (exact) mass is 381 g/mol. The summed E-state index contributed by atoms with van der Waals surface area (Å²) < 4.78 is 5.73. The number of aromatic nitrogens is 1. The minimum atomic E-state index is -0.402. The Kier molecular flexibility index (Phi) is 4.31. The Morgan fingerprint density at radius 1 is 1.26 bits per heavy atom. The lowest BCUT2D eigenvalue weighted by Crippen LogP contribution is -2.45. The number of amides is 2. The molecule has 2 N–H and O–H groups in total. The van der Waals surface area contributed by atoms with Gasteiger partial charge in [0.25, 0.3) is 5.91 Å². The fourth-order valence-corrected chi connectivity index (χ4v) is 4.26. The van der Waals surface area contributed by atoms with Crippen molar-refractivity contribution in [3.05, 3.63) is 58.8 Å². The summed E-state index contributed by atoms with van der Waals surface area (Å²) in [5.74, 6) is -0.0924. The lowest BCUT2D eigenvalue weighted by Gasteiger charge is -2.38. The molecular weight excluding hydrogens is 362 g/mol. The maximum atomic E-state index is 13.3. The summed E-state index contributed by atoms with van der Waals surface area (Å²) in [7, 11) is 0. The van der Waals surface area contributed by atoms with E-state index in [0.29, 0.717) is 23.8 Å². The van der Waals surface area contributed by atoms with Crippen molar-refractivity contribution in [1.82, 2.24) is 4.98 Å². The number of thiophene rings is 1. The van der Waals surface area contributed by atoms with Crippen molar-refractivity contribution in [1.29, 1.82) is 0 Å². The van der Waals surface area contributed by atoms with Crippen LogP contribution < -0.4 is 10.6 Å². The molecule has 27 heavy (non-hydrogen) atoms. The smallest absolute Gasteiger partial charge is 0.280 e. The fraction of sp³-hybridized carbons (Fsp3) is 0.250. The van der Waals surface area contributed by atoms with Gasteiger partial charge in [-0.2, -0.15) is 0 Å². The molecule has 6 nitrogen and oxygen atoms in total. The summed E-state index contributed by atoms with van der Waals surface area (Å²) in [4.78, 5) is 32.2. The van der Waals surface area contributed by atoms with Gasteiger partial charge in [0.1, 0.15) is 5.76 Å². The SMILES string of the molecule is Cc1oc(-c2cccs2)nc1C(=O)N1c2ccccc2[C@@H](C(N)=O)C[C@@H]1C. The minimum absolute atomic E-state index is 0.189. The molecule has 0 bridgehead atoms. The molecule has 7 heteroatoms. The fourth-order valence-electron chi connectivity index (χ4n) is 3.61. The molecule has 3 aromatic rings. The van der Waals surface area contributed by atoms with Gasteiger partial charge in [0.15, 0.2) is 5.69 Å². The molecule has 0 spiro atoms. The summed E-state index contributed by atoms with van der Waals surface area (Å²) in [5, 5.41) is 1.93. The van der Waals surface area contributed by atoms with Gasteiger partial charge in [0.05, 0.1) is 10.8 Å². The number of nitrogens with zero attached hydrogens (tertiary/aromatic N) is 2. The Bertz CT molecular complexity index is 1010. The highest BCUT2D eigenvalue weighted by Gasteiger charge is 2.37. The maximum absolute atomic E-state index is 13.3. The van der Waals surface area contributed by atoms with Crippen LogP contribution in [0.4, 0.5) is 5.69 Å². The number of anilines is 1. The third-order valence-electron chi connectivity index (χ3n) is 4.88. The van der Waals surface area contributed by atoms with E-state index in [4.69, 9.17) is 10.2 Å². The van der Waals surface area contributed by atoms with E-state index in [-0.39, 0.29) is 23.6 Å². The number of rotatable bonds is 3. The standard InChI is InChI=1S/C20H19N3O3S/c1-11-10-14(18(21)24)13-6-3-4-7-15(13)23(11)20(25)17-12(2)26-19(22-17)16-8-5-9-27-16/h3-9,11,14H,10H2,1-2H3,(H2,21,24)/t11-,14-/m0/s1. The van der Waals surface area contributed by atoms with Gasteiger partial charge < -0.3 is 15.1 Å². The molecule has 0 radical (unpaired) electrons. The molecule has 4 rings (SSSR count). The predicted octanol–water partition coefficient (Wildman–Crippen LogP) is 3.72. The normalized spacial score (nSPS) is 19.0. The Morgan fingerprint density at radius 2 is 2.04 bits per heavy atom. The van der Waals surface area contributed by atoms with Crippen LogP contribution in [0.5, 0.6) is 0 Å². The summed E-state index contributed by atoms with van der Waals surface area (Å²) in [6.07, 6.45) is 0.479. The zero-order valence-corrected chi connectivity index (χ0v) is 15.8. The van der Waals surface area contributed by atoms with Gasteiger partial charge in [0.2, 0.25) is 11.8 Å². The molecule has 0 unspecified atom stereocenters. The van der Waals surface area contributed by atoms with Gasteiger partial charge in [-0.3, -0.25) is 9.59 Å². The Hall–Kier alpha value is -2.93. The van der Waals surface area contributed by atoms with Gasteiger partial charge in [-0.15, -0.1) is 11.3 Å². The zero-order chi connectivity index (χ0) is 19.1. The Morgan fingerprint density at radius 3 is 2.74 bits per heavy atom. The van der Waals surface area contributed by atoms with E-state index >= 15 is 0 Å². The number of fused-ring (bicyclic) bond motifs is 1.